The first kappa shape index (κ1) is 13.6. The second-order valence-electron chi connectivity index (χ2n) is 5.42. The summed E-state index contributed by atoms with van der Waals surface area (Å²) in [6, 6.07) is 0.203. The fraction of sp³-hybridized carbons (Fsp3) is 0.571. The minimum atomic E-state index is -1.03. The van der Waals surface area contributed by atoms with E-state index in [0.717, 1.165) is 0 Å². The number of carboxylic acids is 1. The molecule has 1 saturated carbocycles. The maximum Gasteiger partial charge on any atom is 0.352 e. The summed E-state index contributed by atoms with van der Waals surface area (Å²) >= 11 is 0. The van der Waals surface area contributed by atoms with Crippen LogP contribution < -0.4 is 0 Å². The average molecular weight is 264 g/mol. The highest BCUT2D eigenvalue weighted by atomic mass is 16.4. The van der Waals surface area contributed by atoms with Gasteiger partial charge < -0.3 is 15.0 Å². The van der Waals surface area contributed by atoms with Crippen LogP contribution in [0.1, 0.15) is 51.9 Å². The van der Waals surface area contributed by atoms with Gasteiger partial charge in [0.25, 0.3) is 5.91 Å². The van der Waals surface area contributed by atoms with Gasteiger partial charge in [-0.1, -0.05) is 0 Å². The Kier molecular flexibility index (Phi) is 3.39. The average Bonchev–Trinajstić information content (AvgIpc) is 3.13. The number of aryl methyl sites for hydroxylation is 1. The van der Waals surface area contributed by atoms with Crippen molar-refractivity contribution in [2.45, 2.75) is 39.7 Å². The number of carboxylic acid groups (broad SMARTS) is 1. The lowest BCUT2D eigenvalue weighted by Crippen LogP contribution is -2.36. The van der Waals surface area contributed by atoms with Crippen LogP contribution in [0.25, 0.3) is 0 Å². The molecule has 0 saturated heterocycles. The van der Waals surface area contributed by atoms with E-state index in [4.69, 9.17) is 5.11 Å². The van der Waals surface area contributed by atoms with Crippen molar-refractivity contribution in [2.24, 2.45) is 5.92 Å². The fourth-order valence-corrected chi connectivity index (χ4v) is 2.54. The van der Waals surface area contributed by atoms with Crippen LogP contribution in [0.3, 0.4) is 0 Å². The van der Waals surface area contributed by atoms with Crippen LogP contribution in [0.2, 0.25) is 0 Å². The number of amides is 1. The number of carbonyl (C=O) groups is 2. The van der Waals surface area contributed by atoms with Gasteiger partial charge in [-0.3, -0.25) is 4.79 Å². The largest absolute Gasteiger partial charge is 0.477 e. The smallest absolute Gasteiger partial charge is 0.352 e. The molecule has 1 amide bonds. The molecular formula is C14H20N2O3. The first-order valence-electron chi connectivity index (χ1n) is 6.54. The van der Waals surface area contributed by atoms with E-state index in [-0.39, 0.29) is 17.6 Å². The van der Waals surface area contributed by atoms with Gasteiger partial charge in [-0.2, -0.15) is 0 Å². The molecule has 0 aromatic carbocycles. The third kappa shape index (κ3) is 2.37. The van der Waals surface area contributed by atoms with E-state index in [0.29, 0.717) is 22.7 Å². The highest BCUT2D eigenvalue weighted by molar-refractivity contribution is 6.00. The number of nitrogens with zero attached hydrogens (tertiary/aromatic N) is 1. The second-order valence-corrected chi connectivity index (χ2v) is 5.42. The first-order chi connectivity index (χ1) is 8.84. The van der Waals surface area contributed by atoms with Crippen LogP contribution in [0.5, 0.6) is 0 Å². The molecule has 5 nitrogen and oxygen atoms in total. The molecule has 0 radical (unpaired) electrons. The van der Waals surface area contributed by atoms with E-state index in [1.807, 2.05) is 6.92 Å². The quantitative estimate of drug-likeness (QED) is 0.875. The third-order valence-electron chi connectivity index (χ3n) is 4.10. The first-order valence-corrected chi connectivity index (χ1v) is 6.54. The molecule has 1 heterocycles. The van der Waals surface area contributed by atoms with E-state index in [1.165, 1.54) is 12.8 Å². The Hall–Kier alpha value is -1.78. The predicted octanol–water partition coefficient (Wildman–Crippen LogP) is 2.20. The van der Waals surface area contributed by atoms with Gasteiger partial charge in [-0.05, 0) is 45.1 Å². The number of rotatable bonds is 4. The van der Waals surface area contributed by atoms with E-state index >= 15 is 0 Å². The second kappa shape index (κ2) is 4.72. The maximum atomic E-state index is 12.5. The van der Waals surface area contributed by atoms with Crippen molar-refractivity contribution in [3.8, 4) is 0 Å². The van der Waals surface area contributed by atoms with Crippen LogP contribution in [-0.2, 0) is 0 Å². The zero-order valence-corrected chi connectivity index (χ0v) is 11.8. The molecule has 1 aliphatic rings. The highest BCUT2D eigenvalue weighted by Crippen LogP contribution is 2.35. The number of hydrogen-bond acceptors (Lipinski definition) is 2. The van der Waals surface area contributed by atoms with Crippen molar-refractivity contribution in [1.29, 1.82) is 0 Å². The van der Waals surface area contributed by atoms with Gasteiger partial charge in [0.05, 0.1) is 5.56 Å². The van der Waals surface area contributed by atoms with Crippen LogP contribution >= 0.6 is 0 Å². The van der Waals surface area contributed by atoms with Crippen LogP contribution in [0.4, 0.5) is 0 Å². The summed E-state index contributed by atoms with van der Waals surface area (Å²) in [6.45, 7) is 5.46. The number of aromatic carboxylic acids is 1. The van der Waals surface area contributed by atoms with Gasteiger partial charge in [0.15, 0.2) is 0 Å². The van der Waals surface area contributed by atoms with Gasteiger partial charge in [0.2, 0.25) is 0 Å². The van der Waals surface area contributed by atoms with Gasteiger partial charge in [0.1, 0.15) is 5.69 Å². The van der Waals surface area contributed by atoms with Crippen molar-refractivity contribution < 1.29 is 14.7 Å². The molecule has 5 heteroatoms. The number of carbonyl (C=O) groups excluding carboxylic acids is 1. The minimum absolute atomic E-state index is 0.0989. The van der Waals surface area contributed by atoms with Crippen molar-refractivity contribution in [3.63, 3.8) is 0 Å². The Morgan fingerprint density at radius 2 is 1.95 bits per heavy atom. The number of hydrogen-bond donors (Lipinski definition) is 2. The molecule has 0 spiro atoms. The molecule has 19 heavy (non-hydrogen) atoms. The lowest BCUT2D eigenvalue weighted by Gasteiger charge is -2.25. The molecule has 0 bridgehead atoms. The van der Waals surface area contributed by atoms with Crippen molar-refractivity contribution in [3.05, 3.63) is 22.5 Å². The van der Waals surface area contributed by atoms with Crippen LogP contribution in [-0.4, -0.2) is 40.0 Å². The van der Waals surface area contributed by atoms with E-state index in [2.05, 4.69) is 4.98 Å². The molecule has 0 aliphatic heterocycles. The Balaban J connectivity index is 2.30. The summed E-state index contributed by atoms with van der Waals surface area (Å²) in [5, 5.41) is 9.08. The summed E-state index contributed by atoms with van der Waals surface area (Å²) in [7, 11) is 1.79. The molecule has 104 valence electrons. The van der Waals surface area contributed by atoms with Gasteiger partial charge >= 0.3 is 5.97 Å². The van der Waals surface area contributed by atoms with E-state index in [9.17, 15) is 9.59 Å². The minimum Gasteiger partial charge on any atom is -0.477 e. The predicted molar refractivity (Wildman–Crippen MR) is 71.5 cm³/mol. The molecule has 2 N–H and O–H groups in total. The number of nitrogens with one attached hydrogen (secondary N) is 1. The Labute approximate surface area is 112 Å². The molecule has 1 unspecified atom stereocenters. The summed E-state index contributed by atoms with van der Waals surface area (Å²) in [5.41, 5.74) is 1.74. The number of aromatic amines is 1. The van der Waals surface area contributed by atoms with E-state index in [1.54, 1.807) is 25.8 Å². The molecule has 1 aromatic heterocycles. The topological polar surface area (TPSA) is 73.4 Å². The highest BCUT2D eigenvalue weighted by Gasteiger charge is 2.34. The molecule has 1 fully saturated rings. The number of aromatic nitrogens is 1. The molecule has 1 atom stereocenters. The zero-order valence-electron chi connectivity index (χ0n) is 11.8. The normalized spacial score (nSPS) is 16.2. The van der Waals surface area contributed by atoms with Gasteiger partial charge in [0, 0.05) is 18.8 Å². The molecule has 2 rings (SSSR count). The van der Waals surface area contributed by atoms with Crippen LogP contribution in [0.15, 0.2) is 0 Å². The SMILES string of the molecule is Cc1[nH]c(C(=O)O)c(C)c1C(=O)N(C)C(C)C1CC1. The van der Waals surface area contributed by atoms with Crippen molar-refractivity contribution in [1.82, 2.24) is 9.88 Å². The Morgan fingerprint density at radius 3 is 2.37 bits per heavy atom. The van der Waals surface area contributed by atoms with Crippen molar-refractivity contribution >= 4 is 11.9 Å². The summed E-state index contributed by atoms with van der Waals surface area (Å²) in [5.74, 6) is -0.539. The maximum absolute atomic E-state index is 12.5. The molecular weight excluding hydrogens is 244 g/mol. The van der Waals surface area contributed by atoms with Crippen molar-refractivity contribution in [2.75, 3.05) is 7.05 Å². The lowest BCUT2D eigenvalue weighted by molar-refractivity contribution is 0.0690. The monoisotopic (exact) mass is 264 g/mol. The Bertz CT molecular complexity index is 529. The fourth-order valence-electron chi connectivity index (χ4n) is 2.54. The van der Waals surface area contributed by atoms with Gasteiger partial charge in [-0.15, -0.1) is 0 Å². The van der Waals surface area contributed by atoms with E-state index < -0.39 is 5.97 Å². The zero-order chi connectivity index (χ0) is 14.3. The summed E-state index contributed by atoms with van der Waals surface area (Å²) in [4.78, 5) is 28.1. The standard InChI is InChI=1S/C14H20N2O3/c1-7-11(8(2)15-12(7)14(18)19)13(17)16(4)9(3)10-5-6-10/h9-10,15H,5-6H2,1-4H3,(H,18,19). The molecule has 1 aromatic rings. The third-order valence-corrected chi connectivity index (χ3v) is 4.10. The van der Waals surface area contributed by atoms with Gasteiger partial charge in [-0.25, -0.2) is 4.79 Å². The van der Waals surface area contributed by atoms with Crippen LogP contribution in [0, 0.1) is 19.8 Å². The summed E-state index contributed by atoms with van der Waals surface area (Å²) in [6.07, 6.45) is 2.34. The Morgan fingerprint density at radius 1 is 1.37 bits per heavy atom. The lowest BCUT2D eigenvalue weighted by atomic mass is 10.1. The molecule has 1 aliphatic carbocycles. The number of H-pyrrole nitrogens is 1. The summed E-state index contributed by atoms with van der Waals surface area (Å²) < 4.78 is 0.